The van der Waals surface area contributed by atoms with E-state index in [1.807, 2.05) is 56.6 Å². The molecule has 0 saturated carbocycles. The SMILES string of the molecule is COc1ccc([C@H](Sc2ccccc2N(C)CCN(C)C)[C@H](C=O)OC(C)=O)cc1. The Hall–Kier alpha value is -2.51. The van der Waals surface area contributed by atoms with Crippen molar-refractivity contribution in [1.82, 2.24) is 4.90 Å². The molecular formula is C23H30N2O4S. The van der Waals surface area contributed by atoms with E-state index in [0.717, 1.165) is 35.0 Å². The molecule has 0 aliphatic carbocycles. The number of rotatable bonds is 11. The van der Waals surface area contributed by atoms with E-state index in [2.05, 4.69) is 22.9 Å². The van der Waals surface area contributed by atoms with Crippen LogP contribution in [0.1, 0.15) is 17.7 Å². The standard InChI is InChI=1S/C23H30N2O4S/c1-17(27)29-21(16-26)23(18-10-12-19(28-5)13-11-18)30-22-9-7-6-8-20(22)25(4)15-14-24(2)3/h6-13,16,21,23H,14-15H2,1-5H3/t21-,23-/m0/s1. The van der Waals surface area contributed by atoms with Gasteiger partial charge in [-0.25, -0.2) is 0 Å². The number of para-hydroxylation sites is 1. The minimum atomic E-state index is -0.902. The third-order valence-electron chi connectivity index (χ3n) is 4.59. The average molecular weight is 431 g/mol. The number of anilines is 1. The van der Waals surface area contributed by atoms with Crippen molar-refractivity contribution in [3.8, 4) is 5.75 Å². The van der Waals surface area contributed by atoms with E-state index in [0.29, 0.717) is 6.29 Å². The fourth-order valence-corrected chi connectivity index (χ4v) is 4.27. The van der Waals surface area contributed by atoms with Crippen molar-refractivity contribution in [3.05, 3.63) is 54.1 Å². The van der Waals surface area contributed by atoms with Crippen molar-refractivity contribution >= 4 is 29.7 Å². The molecule has 2 aromatic carbocycles. The van der Waals surface area contributed by atoms with Gasteiger partial charge in [0.25, 0.3) is 0 Å². The van der Waals surface area contributed by atoms with Gasteiger partial charge in [-0.3, -0.25) is 9.59 Å². The Bertz CT molecular complexity index is 826. The number of methoxy groups -OCH3 is 1. The first kappa shape index (κ1) is 23.8. The highest BCUT2D eigenvalue weighted by Gasteiger charge is 2.28. The van der Waals surface area contributed by atoms with Gasteiger partial charge in [0.1, 0.15) is 5.75 Å². The molecule has 0 bridgehead atoms. The van der Waals surface area contributed by atoms with Gasteiger partial charge in [-0.05, 0) is 43.9 Å². The fourth-order valence-electron chi connectivity index (χ4n) is 2.95. The largest absolute Gasteiger partial charge is 0.497 e. The third-order valence-corrected chi connectivity index (χ3v) is 5.99. The summed E-state index contributed by atoms with van der Waals surface area (Å²) in [6.45, 7) is 3.09. The number of benzene rings is 2. The molecule has 0 aromatic heterocycles. The molecule has 0 aliphatic rings. The molecule has 0 aliphatic heterocycles. The predicted molar refractivity (Wildman–Crippen MR) is 121 cm³/mol. The Kier molecular flexibility index (Phi) is 9.20. The minimum absolute atomic E-state index is 0.388. The molecular weight excluding hydrogens is 400 g/mol. The van der Waals surface area contributed by atoms with Gasteiger partial charge in [0.2, 0.25) is 0 Å². The van der Waals surface area contributed by atoms with E-state index < -0.39 is 12.1 Å². The van der Waals surface area contributed by atoms with Gasteiger partial charge in [0, 0.05) is 32.0 Å². The zero-order chi connectivity index (χ0) is 22.1. The van der Waals surface area contributed by atoms with E-state index >= 15 is 0 Å². The van der Waals surface area contributed by atoms with Gasteiger partial charge in [-0.2, -0.15) is 0 Å². The summed E-state index contributed by atoms with van der Waals surface area (Å²) in [6, 6.07) is 15.5. The lowest BCUT2D eigenvalue weighted by Crippen LogP contribution is -2.29. The van der Waals surface area contributed by atoms with E-state index in [1.54, 1.807) is 7.11 Å². The Balaban J connectivity index is 2.38. The molecule has 0 spiro atoms. The predicted octanol–water partition coefficient (Wildman–Crippen LogP) is 3.66. The van der Waals surface area contributed by atoms with Gasteiger partial charge in [-0.1, -0.05) is 24.3 Å². The zero-order valence-electron chi connectivity index (χ0n) is 18.2. The molecule has 0 fully saturated rings. The van der Waals surface area contributed by atoms with Crippen molar-refractivity contribution < 1.29 is 19.1 Å². The van der Waals surface area contributed by atoms with Crippen LogP contribution < -0.4 is 9.64 Å². The molecule has 2 atom stereocenters. The quantitative estimate of drug-likeness (QED) is 0.306. The Labute approximate surface area is 183 Å². The van der Waals surface area contributed by atoms with Crippen molar-refractivity contribution in [1.29, 1.82) is 0 Å². The van der Waals surface area contributed by atoms with Crippen LogP contribution in [-0.4, -0.2) is 64.6 Å². The number of thioether (sulfide) groups is 1. The van der Waals surface area contributed by atoms with Crippen LogP contribution in [0.5, 0.6) is 5.75 Å². The van der Waals surface area contributed by atoms with Gasteiger partial charge < -0.3 is 19.3 Å². The van der Waals surface area contributed by atoms with Crippen molar-refractivity contribution in [2.75, 3.05) is 46.2 Å². The maximum atomic E-state index is 11.8. The highest BCUT2D eigenvalue weighted by Crippen LogP contribution is 2.42. The number of carbonyl (C=O) groups excluding carboxylic acids is 2. The van der Waals surface area contributed by atoms with Crippen LogP contribution in [0, 0.1) is 0 Å². The molecule has 0 N–H and O–H groups in total. The molecule has 0 saturated heterocycles. The van der Waals surface area contributed by atoms with Crippen molar-refractivity contribution in [2.24, 2.45) is 0 Å². The molecule has 6 nitrogen and oxygen atoms in total. The fraction of sp³-hybridized carbons (Fsp3) is 0.391. The Morgan fingerprint density at radius 2 is 1.73 bits per heavy atom. The molecule has 0 amide bonds. The van der Waals surface area contributed by atoms with E-state index in [-0.39, 0.29) is 5.25 Å². The first-order valence-corrected chi connectivity index (χ1v) is 10.6. The number of nitrogens with zero attached hydrogens (tertiary/aromatic N) is 2. The average Bonchev–Trinajstić information content (AvgIpc) is 2.74. The monoisotopic (exact) mass is 430 g/mol. The maximum absolute atomic E-state index is 11.8. The summed E-state index contributed by atoms with van der Waals surface area (Å²) in [6.07, 6.45) is -0.206. The van der Waals surface area contributed by atoms with Crippen LogP contribution in [0.25, 0.3) is 0 Å². The zero-order valence-corrected chi connectivity index (χ0v) is 19.0. The lowest BCUT2D eigenvalue weighted by Gasteiger charge is -2.27. The van der Waals surface area contributed by atoms with E-state index in [1.165, 1.54) is 18.7 Å². The summed E-state index contributed by atoms with van der Waals surface area (Å²) in [7, 11) is 7.74. The second kappa shape index (κ2) is 11.6. The van der Waals surface area contributed by atoms with Gasteiger partial charge >= 0.3 is 5.97 Å². The molecule has 30 heavy (non-hydrogen) atoms. The number of hydrogen-bond donors (Lipinski definition) is 0. The summed E-state index contributed by atoms with van der Waals surface area (Å²) in [5.41, 5.74) is 1.94. The number of likely N-dealkylation sites (N-methyl/N-ethyl adjacent to an activating group) is 2. The summed E-state index contributed by atoms with van der Waals surface area (Å²) in [5.74, 6) is 0.240. The van der Waals surface area contributed by atoms with Gasteiger partial charge in [-0.15, -0.1) is 11.8 Å². The summed E-state index contributed by atoms with van der Waals surface area (Å²) in [5, 5.41) is -0.388. The molecule has 0 radical (unpaired) electrons. The minimum Gasteiger partial charge on any atom is -0.497 e. The number of aldehydes is 1. The van der Waals surface area contributed by atoms with Crippen LogP contribution in [0.4, 0.5) is 5.69 Å². The van der Waals surface area contributed by atoms with Crippen molar-refractivity contribution in [2.45, 2.75) is 23.2 Å². The molecule has 7 heteroatoms. The highest BCUT2D eigenvalue weighted by atomic mass is 32.2. The molecule has 0 heterocycles. The molecule has 2 rings (SSSR count). The van der Waals surface area contributed by atoms with Crippen LogP contribution in [0.2, 0.25) is 0 Å². The van der Waals surface area contributed by atoms with Crippen LogP contribution in [0.3, 0.4) is 0 Å². The number of ether oxygens (including phenoxy) is 2. The topological polar surface area (TPSA) is 59.1 Å². The molecule has 162 valence electrons. The van der Waals surface area contributed by atoms with Gasteiger partial charge in [0.05, 0.1) is 18.0 Å². The van der Waals surface area contributed by atoms with E-state index in [4.69, 9.17) is 9.47 Å². The van der Waals surface area contributed by atoms with Crippen LogP contribution in [0.15, 0.2) is 53.4 Å². The smallest absolute Gasteiger partial charge is 0.303 e. The first-order chi connectivity index (χ1) is 14.3. The summed E-state index contributed by atoms with van der Waals surface area (Å²) in [4.78, 5) is 28.8. The number of esters is 1. The molecule has 2 aromatic rings. The second-order valence-electron chi connectivity index (χ2n) is 7.21. The summed E-state index contributed by atoms with van der Waals surface area (Å²) < 4.78 is 10.6. The third kappa shape index (κ3) is 6.78. The number of hydrogen-bond acceptors (Lipinski definition) is 7. The van der Waals surface area contributed by atoms with E-state index in [9.17, 15) is 9.59 Å². The van der Waals surface area contributed by atoms with Gasteiger partial charge in [0.15, 0.2) is 12.4 Å². The lowest BCUT2D eigenvalue weighted by atomic mass is 10.1. The van der Waals surface area contributed by atoms with Crippen LogP contribution >= 0.6 is 11.8 Å². The normalized spacial score (nSPS) is 12.9. The first-order valence-electron chi connectivity index (χ1n) is 9.73. The van der Waals surface area contributed by atoms with Crippen molar-refractivity contribution in [3.63, 3.8) is 0 Å². The molecule has 0 unspecified atom stereocenters. The van der Waals surface area contributed by atoms with Crippen LogP contribution in [-0.2, 0) is 14.3 Å². The Morgan fingerprint density at radius 1 is 1.07 bits per heavy atom. The highest BCUT2D eigenvalue weighted by molar-refractivity contribution is 7.99. The second-order valence-corrected chi connectivity index (χ2v) is 8.40. The maximum Gasteiger partial charge on any atom is 0.303 e. The summed E-state index contributed by atoms with van der Waals surface area (Å²) >= 11 is 1.51. The lowest BCUT2D eigenvalue weighted by molar-refractivity contribution is -0.149. The Morgan fingerprint density at radius 3 is 2.30 bits per heavy atom. The number of carbonyl (C=O) groups is 2.